The van der Waals surface area contributed by atoms with Gasteiger partial charge in [0.05, 0.1) is 12.5 Å². The molecule has 132 valence electrons. The Morgan fingerprint density at radius 2 is 2.04 bits per heavy atom. The zero-order chi connectivity index (χ0) is 17.7. The second-order valence-electron chi connectivity index (χ2n) is 6.36. The summed E-state index contributed by atoms with van der Waals surface area (Å²) >= 11 is 0. The third kappa shape index (κ3) is 4.08. The maximum Gasteiger partial charge on any atom is 0.409 e. The van der Waals surface area contributed by atoms with Crippen molar-refractivity contribution in [2.45, 2.75) is 40.5 Å². The smallest absolute Gasteiger partial charge is 0.409 e. The highest BCUT2D eigenvalue weighted by Crippen LogP contribution is 2.26. The van der Waals surface area contributed by atoms with Crippen molar-refractivity contribution in [3.05, 3.63) is 29.3 Å². The molecule has 1 aromatic carbocycles. The lowest BCUT2D eigenvalue weighted by molar-refractivity contribution is -0.123. The van der Waals surface area contributed by atoms with Crippen molar-refractivity contribution in [2.75, 3.05) is 31.1 Å². The van der Waals surface area contributed by atoms with Crippen LogP contribution in [0, 0.1) is 19.8 Å². The minimum absolute atomic E-state index is 0.0958. The second-order valence-corrected chi connectivity index (χ2v) is 6.36. The number of likely N-dealkylation sites (tertiary alicyclic amines) is 1. The van der Waals surface area contributed by atoms with Crippen LogP contribution in [0.15, 0.2) is 18.2 Å². The number of amides is 2. The number of hydrogen-bond donors (Lipinski definition) is 0. The van der Waals surface area contributed by atoms with Gasteiger partial charge in [-0.15, -0.1) is 0 Å². The number of rotatable bonds is 4. The molecule has 1 aromatic rings. The van der Waals surface area contributed by atoms with Crippen LogP contribution in [0.3, 0.4) is 0 Å². The molecule has 1 saturated heterocycles. The van der Waals surface area contributed by atoms with E-state index in [-0.39, 0.29) is 17.9 Å². The predicted octanol–water partition coefficient (Wildman–Crippen LogP) is 3.52. The van der Waals surface area contributed by atoms with E-state index in [1.807, 2.05) is 37.8 Å². The van der Waals surface area contributed by atoms with Gasteiger partial charge in [-0.2, -0.15) is 0 Å². The Labute approximate surface area is 144 Å². The predicted molar refractivity (Wildman–Crippen MR) is 95.3 cm³/mol. The van der Waals surface area contributed by atoms with Crippen molar-refractivity contribution < 1.29 is 14.3 Å². The van der Waals surface area contributed by atoms with Gasteiger partial charge in [0.25, 0.3) is 0 Å². The van der Waals surface area contributed by atoms with Crippen molar-refractivity contribution in [3.63, 3.8) is 0 Å². The first-order valence-electron chi connectivity index (χ1n) is 8.78. The summed E-state index contributed by atoms with van der Waals surface area (Å²) in [7, 11) is 0. The zero-order valence-electron chi connectivity index (χ0n) is 15.2. The Morgan fingerprint density at radius 1 is 1.29 bits per heavy atom. The highest BCUT2D eigenvalue weighted by molar-refractivity contribution is 5.96. The lowest BCUT2D eigenvalue weighted by atomic mass is 9.96. The lowest BCUT2D eigenvalue weighted by Gasteiger charge is -2.34. The molecule has 0 N–H and O–H groups in total. The maximum absolute atomic E-state index is 13.0. The average molecular weight is 332 g/mol. The molecule has 24 heavy (non-hydrogen) atoms. The summed E-state index contributed by atoms with van der Waals surface area (Å²) < 4.78 is 5.08. The minimum atomic E-state index is -0.315. The van der Waals surface area contributed by atoms with Crippen molar-refractivity contribution in [1.29, 1.82) is 0 Å². The van der Waals surface area contributed by atoms with Gasteiger partial charge in [-0.05, 0) is 52.2 Å². The van der Waals surface area contributed by atoms with Gasteiger partial charge in [0.2, 0.25) is 5.91 Å². The molecule has 0 bridgehead atoms. The first kappa shape index (κ1) is 18.3. The van der Waals surface area contributed by atoms with Crippen molar-refractivity contribution in [1.82, 2.24) is 4.90 Å². The van der Waals surface area contributed by atoms with Crippen molar-refractivity contribution in [3.8, 4) is 0 Å². The molecule has 1 heterocycles. The molecule has 1 aliphatic rings. The fraction of sp³-hybridized carbons (Fsp3) is 0.579. The second kappa shape index (κ2) is 8.18. The van der Waals surface area contributed by atoms with E-state index >= 15 is 0 Å². The molecule has 0 aliphatic carbocycles. The molecule has 0 radical (unpaired) electrons. The first-order valence-corrected chi connectivity index (χ1v) is 8.78. The van der Waals surface area contributed by atoms with Crippen molar-refractivity contribution in [2.24, 2.45) is 5.92 Å². The Morgan fingerprint density at radius 3 is 2.67 bits per heavy atom. The molecule has 1 atom stereocenters. The third-order valence-electron chi connectivity index (χ3n) is 4.52. The van der Waals surface area contributed by atoms with Crippen LogP contribution in [0.25, 0.3) is 0 Å². The van der Waals surface area contributed by atoms with Gasteiger partial charge in [-0.25, -0.2) is 4.79 Å². The van der Waals surface area contributed by atoms with Crippen LogP contribution in [0.4, 0.5) is 10.5 Å². The number of ether oxygens (including phenoxy) is 1. The number of benzene rings is 1. The van der Waals surface area contributed by atoms with E-state index in [0.717, 1.165) is 24.1 Å². The van der Waals surface area contributed by atoms with Crippen LogP contribution < -0.4 is 4.90 Å². The number of carbonyl (C=O) groups excluding carboxylic acids is 2. The van der Waals surface area contributed by atoms with Crippen LogP contribution in [0.2, 0.25) is 0 Å². The van der Waals surface area contributed by atoms with Gasteiger partial charge in [0, 0.05) is 25.3 Å². The summed E-state index contributed by atoms with van der Waals surface area (Å²) in [5.74, 6) is -0.0674. The van der Waals surface area contributed by atoms with E-state index in [9.17, 15) is 9.59 Å². The van der Waals surface area contributed by atoms with Gasteiger partial charge in [-0.3, -0.25) is 4.79 Å². The Kier molecular flexibility index (Phi) is 6.23. The molecular weight excluding hydrogens is 304 g/mol. The van der Waals surface area contributed by atoms with E-state index in [2.05, 4.69) is 6.07 Å². The Balaban J connectivity index is 2.14. The number of aryl methyl sites for hydroxylation is 2. The van der Waals surface area contributed by atoms with Crippen LogP contribution in [0.5, 0.6) is 0 Å². The van der Waals surface area contributed by atoms with Crippen LogP contribution in [-0.2, 0) is 9.53 Å². The molecule has 5 nitrogen and oxygen atoms in total. The number of piperidine rings is 1. The standard InChI is InChI=1S/C19H28N2O3/c1-5-21(17-10-9-14(3)12-15(17)4)18(22)16-8-7-11-20(13-16)19(23)24-6-2/h9-10,12,16H,5-8,11,13H2,1-4H3. The molecule has 2 rings (SSSR count). The van der Waals surface area contributed by atoms with E-state index in [1.54, 1.807) is 11.8 Å². The molecule has 1 aliphatic heterocycles. The Bertz CT molecular complexity index is 600. The van der Waals surface area contributed by atoms with Gasteiger partial charge in [0.1, 0.15) is 0 Å². The number of anilines is 1. The summed E-state index contributed by atoms with van der Waals surface area (Å²) in [4.78, 5) is 28.5. The van der Waals surface area contributed by atoms with E-state index in [4.69, 9.17) is 4.74 Å². The van der Waals surface area contributed by atoms with Crippen LogP contribution in [-0.4, -0.2) is 43.1 Å². The molecule has 1 unspecified atom stereocenters. The van der Waals surface area contributed by atoms with Gasteiger partial charge in [-0.1, -0.05) is 17.7 Å². The average Bonchev–Trinajstić information content (AvgIpc) is 2.57. The monoisotopic (exact) mass is 332 g/mol. The van der Waals surface area contributed by atoms with E-state index < -0.39 is 0 Å². The van der Waals surface area contributed by atoms with E-state index in [1.165, 1.54) is 5.56 Å². The third-order valence-corrected chi connectivity index (χ3v) is 4.52. The van der Waals surface area contributed by atoms with Crippen molar-refractivity contribution >= 4 is 17.7 Å². The number of hydrogen-bond acceptors (Lipinski definition) is 3. The highest BCUT2D eigenvalue weighted by Gasteiger charge is 2.32. The summed E-state index contributed by atoms with van der Waals surface area (Å²) in [6.45, 7) is 9.96. The van der Waals surface area contributed by atoms with Gasteiger partial charge < -0.3 is 14.5 Å². The molecule has 0 spiro atoms. The maximum atomic E-state index is 13.0. The summed E-state index contributed by atoms with van der Waals surface area (Å²) in [6.07, 6.45) is 1.33. The molecule has 1 fully saturated rings. The SMILES string of the molecule is CCOC(=O)N1CCCC(C(=O)N(CC)c2ccc(C)cc2C)C1. The first-order chi connectivity index (χ1) is 11.5. The van der Waals surface area contributed by atoms with Gasteiger partial charge >= 0.3 is 6.09 Å². The zero-order valence-corrected chi connectivity index (χ0v) is 15.2. The quantitative estimate of drug-likeness (QED) is 0.847. The van der Waals surface area contributed by atoms with Crippen LogP contribution >= 0.6 is 0 Å². The molecular formula is C19H28N2O3. The molecule has 2 amide bonds. The Hall–Kier alpha value is -2.04. The molecule has 0 saturated carbocycles. The fourth-order valence-corrected chi connectivity index (χ4v) is 3.33. The lowest BCUT2D eigenvalue weighted by Crippen LogP contribution is -2.47. The summed E-state index contributed by atoms with van der Waals surface area (Å²) in [5, 5.41) is 0. The largest absolute Gasteiger partial charge is 0.450 e. The highest BCUT2D eigenvalue weighted by atomic mass is 16.6. The molecule has 5 heteroatoms. The van der Waals surface area contributed by atoms with Crippen LogP contribution in [0.1, 0.15) is 37.8 Å². The summed E-state index contributed by atoms with van der Waals surface area (Å²) in [6, 6.07) is 6.14. The topological polar surface area (TPSA) is 49.9 Å². The molecule has 0 aromatic heterocycles. The van der Waals surface area contributed by atoms with E-state index in [0.29, 0.717) is 26.2 Å². The fourth-order valence-electron chi connectivity index (χ4n) is 3.33. The normalized spacial score (nSPS) is 17.5. The minimum Gasteiger partial charge on any atom is -0.450 e. The number of nitrogens with zero attached hydrogens (tertiary/aromatic N) is 2. The number of carbonyl (C=O) groups is 2. The van der Waals surface area contributed by atoms with Gasteiger partial charge in [0.15, 0.2) is 0 Å². The summed E-state index contributed by atoms with van der Waals surface area (Å²) in [5.41, 5.74) is 3.25.